The van der Waals surface area contributed by atoms with E-state index in [-0.39, 0.29) is 10.7 Å². The number of hydrogen-bond donors (Lipinski definition) is 1. The zero-order chi connectivity index (χ0) is 18.3. The van der Waals surface area contributed by atoms with Gasteiger partial charge in [-0.1, -0.05) is 12.1 Å². The van der Waals surface area contributed by atoms with Gasteiger partial charge in [-0.05, 0) is 36.4 Å². The number of nitrogens with two attached hydrogens (primary N) is 1. The molecule has 0 fully saturated rings. The molecular formula is C18H13FN4O2S. The zero-order valence-electron chi connectivity index (χ0n) is 13.4. The van der Waals surface area contributed by atoms with E-state index >= 15 is 0 Å². The monoisotopic (exact) mass is 368 g/mol. The summed E-state index contributed by atoms with van der Waals surface area (Å²) in [6, 6.07) is 12.2. The zero-order valence-corrected chi connectivity index (χ0v) is 14.2. The molecule has 0 aliphatic heterocycles. The van der Waals surface area contributed by atoms with Crippen LogP contribution in [-0.2, 0) is 10.0 Å². The van der Waals surface area contributed by atoms with Gasteiger partial charge in [0.1, 0.15) is 5.82 Å². The molecule has 0 unspecified atom stereocenters. The van der Waals surface area contributed by atoms with Crippen molar-refractivity contribution >= 4 is 15.7 Å². The second kappa shape index (κ2) is 6.01. The first kappa shape index (κ1) is 16.4. The molecule has 130 valence electrons. The third-order valence-corrected chi connectivity index (χ3v) is 4.93. The van der Waals surface area contributed by atoms with E-state index in [0.717, 1.165) is 16.8 Å². The molecule has 0 atom stereocenters. The quantitative estimate of drug-likeness (QED) is 0.602. The Balaban J connectivity index is 1.96. The predicted octanol–water partition coefficient (Wildman–Crippen LogP) is 2.85. The van der Waals surface area contributed by atoms with Gasteiger partial charge in [0.2, 0.25) is 10.0 Å². The summed E-state index contributed by atoms with van der Waals surface area (Å²) < 4.78 is 38.1. The van der Waals surface area contributed by atoms with E-state index in [1.165, 1.54) is 24.3 Å². The minimum absolute atomic E-state index is 0.0278. The predicted molar refractivity (Wildman–Crippen MR) is 95.2 cm³/mol. The first-order valence-corrected chi connectivity index (χ1v) is 9.19. The molecule has 0 amide bonds. The Hall–Kier alpha value is -3.10. The highest BCUT2D eigenvalue weighted by Crippen LogP contribution is 2.33. The summed E-state index contributed by atoms with van der Waals surface area (Å²) in [5, 5.41) is 5.16. The second-order valence-corrected chi connectivity index (χ2v) is 7.25. The van der Waals surface area contributed by atoms with Crippen LogP contribution in [0.2, 0.25) is 0 Å². The fourth-order valence-electron chi connectivity index (χ4n) is 2.79. The summed E-state index contributed by atoms with van der Waals surface area (Å²) in [5.41, 5.74) is 3.49. The molecule has 0 saturated heterocycles. The van der Waals surface area contributed by atoms with Crippen molar-refractivity contribution < 1.29 is 12.8 Å². The fourth-order valence-corrected chi connectivity index (χ4v) is 3.31. The van der Waals surface area contributed by atoms with Crippen molar-refractivity contribution in [2.45, 2.75) is 4.90 Å². The maximum atomic E-state index is 13.3. The number of imidazole rings is 1. The van der Waals surface area contributed by atoms with E-state index in [1.54, 1.807) is 42.9 Å². The van der Waals surface area contributed by atoms with Crippen LogP contribution < -0.4 is 5.14 Å². The van der Waals surface area contributed by atoms with Gasteiger partial charge in [0.15, 0.2) is 5.65 Å². The lowest BCUT2D eigenvalue weighted by atomic mass is 10.0. The molecule has 2 N–H and O–H groups in total. The maximum absolute atomic E-state index is 13.3. The van der Waals surface area contributed by atoms with Crippen LogP contribution in [0.3, 0.4) is 0 Å². The number of hydrogen-bond acceptors (Lipinski definition) is 4. The molecule has 0 aliphatic carbocycles. The van der Waals surface area contributed by atoms with Gasteiger partial charge in [-0.15, -0.1) is 0 Å². The van der Waals surface area contributed by atoms with E-state index in [2.05, 4.69) is 9.97 Å². The second-order valence-electron chi connectivity index (χ2n) is 5.69. The van der Waals surface area contributed by atoms with Crippen molar-refractivity contribution in [3.05, 3.63) is 72.9 Å². The lowest BCUT2D eigenvalue weighted by Gasteiger charge is -2.07. The van der Waals surface area contributed by atoms with Gasteiger partial charge in [-0.25, -0.2) is 22.9 Å². The van der Waals surface area contributed by atoms with Crippen molar-refractivity contribution in [3.63, 3.8) is 0 Å². The number of rotatable bonds is 3. The van der Waals surface area contributed by atoms with Crippen LogP contribution in [0, 0.1) is 5.82 Å². The molecule has 0 spiro atoms. The summed E-state index contributed by atoms with van der Waals surface area (Å²) in [7, 11) is -3.77. The van der Waals surface area contributed by atoms with E-state index in [0.29, 0.717) is 11.3 Å². The SMILES string of the molecule is NS(=O)(=O)c1ccc(-c2c(-c3ccc(F)cc3)nc3cnccn23)cc1. The molecule has 4 aromatic rings. The Labute approximate surface area is 148 Å². The largest absolute Gasteiger partial charge is 0.296 e. The van der Waals surface area contributed by atoms with Gasteiger partial charge in [-0.3, -0.25) is 9.38 Å². The van der Waals surface area contributed by atoms with Gasteiger partial charge in [0.25, 0.3) is 0 Å². The molecule has 2 aromatic heterocycles. The summed E-state index contributed by atoms with van der Waals surface area (Å²) in [5.74, 6) is -0.335. The first-order valence-electron chi connectivity index (χ1n) is 7.65. The molecule has 0 saturated carbocycles. The fraction of sp³-hybridized carbons (Fsp3) is 0. The minimum atomic E-state index is -3.77. The Morgan fingerprint density at radius 1 is 0.962 bits per heavy atom. The lowest BCUT2D eigenvalue weighted by molar-refractivity contribution is 0.598. The molecule has 8 heteroatoms. The van der Waals surface area contributed by atoms with Crippen molar-refractivity contribution in [3.8, 4) is 22.5 Å². The smallest absolute Gasteiger partial charge is 0.238 e. The van der Waals surface area contributed by atoms with E-state index < -0.39 is 10.0 Å². The third-order valence-electron chi connectivity index (χ3n) is 4.00. The van der Waals surface area contributed by atoms with Crippen LogP contribution >= 0.6 is 0 Å². The van der Waals surface area contributed by atoms with Gasteiger partial charge in [0, 0.05) is 23.5 Å². The van der Waals surface area contributed by atoms with Crippen molar-refractivity contribution in [1.29, 1.82) is 0 Å². The van der Waals surface area contributed by atoms with Crippen molar-refractivity contribution in [2.24, 2.45) is 5.14 Å². The molecule has 0 bridgehead atoms. The van der Waals surface area contributed by atoms with Gasteiger partial charge < -0.3 is 0 Å². The average molecular weight is 368 g/mol. The third kappa shape index (κ3) is 2.85. The van der Waals surface area contributed by atoms with Gasteiger partial charge in [-0.2, -0.15) is 0 Å². The molecular weight excluding hydrogens is 355 g/mol. The molecule has 0 radical (unpaired) electrons. The van der Waals surface area contributed by atoms with E-state index in [1.807, 2.05) is 4.40 Å². The number of aromatic nitrogens is 3. The van der Waals surface area contributed by atoms with Crippen LogP contribution in [0.4, 0.5) is 4.39 Å². The Bertz CT molecular complexity index is 1200. The highest BCUT2D eigenvalue weighted by atomic mass is 32.2. The summed E-state index contributed by atoms with van der Waals surface area (Å²) >= 11 is 0. The number of fused-ring (bicyclic) bond motifs is 1. The van der Waals surface area contributed by atoms with Crippen LogP contribution in [-0.4, -0.2) is 22.8 Å². The number of sulfonamides is 1. The normalized spacial score (nSPS) is 11.8. The number of nitrogens with zero attached hydrogens (tertiary/aromatic N) is 3. The topological polar surface area (TPSA) is 90.4 Å². The maximum Gasteiger partial charge on any atom is 0.238 e. The number of halogens is 1. The molecule has 2 heterocycles. The van der Waals surface area contributed by atoms with Crippen LogP contribution in [0.15, 0.2) is 72.0 Å². The molecule has 4 rings (SSSR count). The van der Waals surface area contributed by atoms with Crippen LogP contribution in [0.1, 0.15) is 0 Å². The van der Waals surface area contributed by atoms with Crippen LogP contribution in [0.5, 0.6) is 0 Å². The van der Waals surface area contributed by atoms with Crippen molar-refractivity contribution in [1.82, 2.24) is 14.4 Å². The lowest BCUT2D eigenvalue weighted by Crippen LogP contribution is -2.11. The van der Waals surface area contributed by atoms with Gasteiger partial charge in [0.05, 0.1) is 22.5 Å². The van der Waals surface area contributed by atoms with E-state index in [9.17, 15) is 12.8 Å². The number of benzene rings is 2. The summed E-state index contributed by atoms with van der Waals surface area (Å²) in [6.45, 7) is 0. The van der Waals surface area contributed by atoms with Crippen molar-refractivity contribution in [2.75, 3.05) is 0 Å². The molecule has 6 nitrogen and oxygen atoms in total. The standard InChI is InChI=1S/C18H13FN4O2S/c19-14-5-1-12(2-6-14)17-18(23-10-9-21-11-16(23)22-17)13-3-7-15(8-4-13)26(20,24)25/h1-11H,(H2,20,24,25). The highest BCUT2D eigenvalue weighted by molar-refractivity contribution is 7.89. The van der Waals surface area contributed by atoms with E-state index in [4.69, 9.17) is 5.14 Å². The highest BCUT2D eigenvalue weighted by Gasteiger charge is 2.17. The summed E-state index contributed by atoms with van der Waals surface area (Å²) in [4.78, 5) is 8.70. The summed E-state index contributed by atoms with van der Waals surface area (Å²) in [6.07, 6.45) is 5.01. The Kier molecular flexibility index (Phi) is 3.78. The van der Waals surface area contributed by atoms with Crippen LogP contribution in [0.25, 0.3) is 28.2 Å². The Morgan fingerprint density at radius 2 is 1.62 bits per heavy atom. The first-order chi connectivity index (χ1) is 12.4. The molecule has 0 aliphatic rings. The number of primary sulfonamides is 1. The molecule has 2 aromatic carbocycles. The molecule has 26 heavy (non-hydrogen) atoms. The minimum Gasteiger partial charge on any atom is -0.296 e. The Morgan fingerprint density at radius 3 is 2.27 bits per heavy atom. The van der Waals surface area contributed by atoms with Gasteiger partial charge >= 0.3 is 0 Å². The average Bonchev–Trinajstić information content (AvgIpc) is 3.01.